The van der Waals surface area contributed by atoms with Crippen LogP contribution in [0.3, 0.4) is 0 Å². The Hall–Kier alpha value is -3.68. The normalized spacial score (nSPS) is 16.5. The van der Waals surface area contributed by atoms with Gasteiger partial charge in [0.05, 0.1) is 0 Å². The molecule has 5 N–H and O–H groups in total. The molecule has 0 amide bonds. The Kier molecular flexibility index (Phi) is 15.7. The summed E-state index contributed by atoms with van der Waals surface area (Å²) in [4.78, 5) is 46.1. The largest absolute Gasteiger partial charge is 0.478 e. The minimum atomic E-state index is -1.26. The topological polar surface area (TPSA) is 176 Å². The van der Waals surface area contributed by atoms with E-state index in [1.165, 1.54) is 26.5 Å². The molecule has 2 aliphatic rings. The van der Waals surface area contributed by atoms with E-state index in [9.17, 15) is 19.2 Å². The molecule has 238 valence electrons. The number of aliphatic carboxylic acids is 4. The van der Waals surface area contributed by atoms with Crippen molar-refractivity contribution in [3.8, 4) is 0 Å². The SMILES string of the molecule is Cc1cccc2c1CC(N1CCN(CCCCO)CC1)c1cc(Cl)ccc1S2.O=C(O)/C=C/C(=O)O.O=C(O)/C=C/C(=O)O. The summed E-state index contributed by atoms with van der Waals surface area (Å²) >= 11 is 8.30. The van der Waals surface area contributed by atoms with Crippen LogP contribution in [0.25, 0.3) is 0 Å². The van der Waals surface area contributed by atoms with Gasteiger partial charge in [-0.15, -0.1) is 0 Å². The summed E-state index contributed by atoms with van der Waals surface area (Å²) in [6.07, 6.45) is 5.27. The zero-order chi connectivity index (χ0) is 32.6. The van der Waals surface area contributed by atoms with Crippen molar-refractivity contribution in [3.63, 3.8) is 0 Å². The third-order valence-corrected chi connectivity index (χ3v) is 8.21. The second-order valence-corrected chi connectivity index (χ2v) is 11.4. The number of halogens is 1. The number of hydrogen-bond donors (Lipinski definition) is 5. The summed E-state index contributed by atoms with van der Waals surface area (Å²) in [7, 11) is 0. The van der Waals surface area contributed by atoms with Crippen molar-refractivity contribution in [2.45, 2.75) is 42.0 Å². The molecule has 2 aromatic carbocycles. The molecule has 0 saturated carbocycles. The highest BCUT2D eigenvalue weighted by Gasteiger charge is 2.30. The van der Waals surface area contributed by atoms with Crippen LogP contribution in [0.15, 0.2) is 70.5 Å². The number of unbranched alkanes of at least 4 members (excludes halogenated alkanes) is 1. The highest BCUT2D eigenvalue weighted by Crippen LogP contribution is 2.44. The quantitative estimate of drug-likeness (QED) is 0.194. The average molecular weight is 649 g/mol. The van der Waals surface area contributed by atoms with Gasteiger partial charge in [-0.3, -0.25) is 4.90 Å². The van der Waals surface area contributed by atoms with Crippen LogP contribution in [-0.4, -0.2) is 98.5 Å². The van der Waals surface area contributed by atoms with Crippen molar-refractivity contribution in [1.82, 2.24) is 9.80 Å². The lowest BCUT2D eigenvalue weighted by molar-refractivity contribution is -0.134. The molecule has 0 spiro atoms. The van der Waals surface area contributed by atoms with Gasteiger partial charge in [-0.1, -0.05) is 35.5 Å². The second kappa shape index (κ2) is 18.9. The van der Waals surface area contributed by atoms with Gasteiger partial charge < -0.3 is 30.4 Å². The third-order valence-electron chi connectivity index (χ3n) is 6.78. The number of piperazine rings is 1. The highest BCUT2D eigenvalue weighted by atomic mass is 35.5. The Morgan fingerprint density at radius 3 is 1.93 bits per heavy atom. The molecule has 0 radical (unpaired) electrons. The first kappa shape index (κ1) is 36.5. The van der Waals surface area contributed by atoms with E-state index in [0.29, 0.717) is 37.0 Å². The molecule has 1 atom stereocenters. The van der Waals surface area contributed by atoms with Gasteiger partial charge in [0.2, 0.25) is 0 Å². The fraction of sp³-hybridized carbons (Fsp3) is 0.355. The van der Waals surface area contributed by atoms with Crippen molar-refractivity contribution < 1.29 is 44.7 Å². The van der Waals surface area contributed by atoms with Gasteiger partial charge in [0, 0.05) is 77.9 Å². The molecule has 11 nitrogen and oxygen atoms in total. The first-order chi connectivity index (χ1) is 20.9. The minimum Gasteiger partial charge on any atom is -0.478 e. The van der Waals surface area contributed by atoms with E-state index in [0.717, 1.165) is 57.0 Å². The number of carbonyl (C=O) groups is 4. The molecular weight excluding hydrogens is 612 g/mol. The Morgan fingerprint density at radius 2 is 1.41 bits per heavy atom. The van der Waals surface area contributed by atoms with Crippen LogP contribution in [0.2, 0.25) is 5.02 Å². The lowest BCUT2D eigenvalue weighted by Gasteiger charge is -2.40. The van der Waals surface area contributed by atoms with Gasteiger partial charge in [0.15, 0.2) is 0 Å². The summed E-state index contributed by atoms with van der Waals surface area (Å²) < 4.78 is 0. The van der Waals surface area contributed by atoms with E-state index < -0.39 is 23.9 Å². The van der Waals surface area contributed by atoms with Crippen LogP contribution in [-0.2, 0) is 25.6 Å². The monoisotopic (exact) mass is 648 g/mol. The second-order valence-electron chi connectivity index (χ2n) is 9.88. The lowest BCUT2D eigenvalue weighted by Crippen LogP contribution is -2.48. The predicted octanol–water partition coefficient (Wildman–Crippen LogP) is 4.21. The van der Waals surface area contributed by atoms with Crippen molar-refractivity contribution >= 4 is 47.2 Å². The first-order valence-corrected chi connectivity index (χ1v) is 15.0. The molecule has 2 aromatic rings. The zero-order valence-electron chi connectivity index (χ0n) is 24.3. The number of rotatable bonds is 9. The Bertz CT molecular complexity index is 1290. The number of nitrogens with zero attached hydrogens (tertiary/aromatic N) is 2. The molecule has 0 bridgehead atoms. The van der Waals surface area contributed by atoms with Crippen molar-refractivity contribution in [2.75, 3.05) is 39.3 Å². The van der Waals surface area contributed by atoms with Gasteiger partial charge in [-0.05, 0) is 73.7 Å². The molecule has 4 rings (SSSR count). The molecular formula is C31H37ClN2O9S. The van der Waals surface area contributed by atoms with Crippen molar-refractivity contribution in [1.29, 1.82) is 0 Å². The van der Waals surface area contributed by atoms with Gasteiger partial charge >= 0.3 is 23.9 Å². The van der Waals surface area contributed by atoms with E-state index in [-0.39, 0.29) is 0 Å². The maximum Gasteiger partial charge on any atom is 0.328 e. The molecule has 0 aliphatic carbocycles. The van der Waals surface area contributed by atoms with Crippen LogP contribution < -0.4 is 0 Å². The molecule has 1 fully saturated rings. The molecule has 1 unspecified atom stereocenters. The molecule has 1 saturated heterocycles. The standard InChI is InChI=1S/C23H29ClN2OS.2C4H4O4/c1-17-5-4-6-22-19(17)16-21(20-15-18(24)7-8-23(20)28-22)26-12-10-25(11-13-26)9-2-3-14-27;2*5-3(6)1-2-4(7)8/h4-8,15,21,27H,2-3,9-14,16H2,1H3;2*1-2H,(H,5,6)(H,7,8)/b;2*2-1+. The summed E-state index contributed by atoms with van der Waals surface area (Å²) in [6, 6.07) is 13.4. The lowest BCUT2D eigenvalue weighted by atomic mass is 9.94. The smallest absolute Gasteiger partial charge is 0.328 e. The Balaban J connectivity index is 0.000000349. The van der Waals surface area contributed by atoms with E-state index >= 15 is 0 Å². The van der Waals surface area contributed by atoms with Crippen LogP contribution in [0.1, 0.15) is 35.6 Å². The number of hydrogen-bond acceptors (Lipinski definition) is 8. The van der Waals surface area contributed by atoms with Crippen molar-refractivity contribution in [3.05, 3.63) is 82.4 Å². The fourth-order valence-electron chi connectivity index (χ4n) is 4.68. The molecule has 0 aromatic heterocycles. The van der Waals surface area contributed by atoms with Gasteiger partial charge in [0.1, 0.15) is 0 Å². The van der Waals surface area contributed by atoms with E-state index in [4.69, 9.17) is 37.1 Å². The van der Waals surface area contributed by atoms with Crippen LogP contribution >= 0.6 is 23.4 Å². The van der Waals surface area contributed by atoms with E-state index in [2.05, 4.69) is 47.1 Å². The number of aryl methyl sites for hydroxylation is 1. The third kappa shape index (κ3) is 12.9. The molecule has 2 heterocycles. The number of aliphatic hydroxyl groups excluding tert-OH is 1. The first-order valence-electron chi connectivity index (χ1n) is 13.8. The number of benzene rings is 2. The van der Waals surface area contributed by atoms with Crippen LogP contribution in [0, 0.1) is 6.92 Å². The maximum atomic E-state index is 9.55. The highest BCUT2D eigenvalue weighted by molar-refractivity contribution is 7.99. The van der Waals surface area contributed by atoms with E-state index in [1.54, 1.807) is 0 Å². The van der Waals surface area contributed by atoms with Gasteiger partial charge in [-0.25, -0.2) is 19.2 Å². The van der Waals surface area contributed by atoms with Gasteiger partial charge in [0.25, 0.3) is 0 Å². The number of aliphatic hydroxyl groups is 1. The van der Waals surface area contributed by atoms with Gasteiger partial charge in [-0.2, -0.15) is 0 Å². The van der Waals surface area contributed by atoms with Crippen LogP contribution in [0.5, 0.6) is 0 Å². The van der Waals surface area contributed by atoms with Crippen LogP contribution in [0.4, 0.5) is 0 Å². The summed E-state index contributed by atoms with van der Waals surface area (Å²) in [5.74, 6) is -5.03. The van der Waals surface area contributed by atoms with E-state index in [1.807, 2.05) is 17.8 Å². The molecule has 2 aliphatic heterocycles. The van der Waals surface area contributed by atoms with Crippen molar-refractivity contribution in [2.24, 2.45) is 0 Å². The number of fused-ring (bicyclic) bond motifs is 2. The average Bonchev–Trinajstić information content (AvgIpc) is 3.14. The maximum absolute atomic E-state index is 9.55. The predicted molar refractivity (Wildman–Crippen MR) is 166 cm³/mol. The zero-order valence-corrected chi connectivity index (χ0v) is 25.8. The Morgan fingerprint density at radius 1 is 0.841 bits per heavy atom. The summed E-state index contributed by atoms with van der Waals surface area (Å²) in [6.45, 7) is 8.01. The number of carboxylic acid groups (broad SMARTS) is 4. The summed E-state index contributed by atoms with van der Waals surface area (Å²) in [5, 5.41) is 41.1. The molecule has 44 heavy (non-hydrogen) atoms. The fourth-order valence-corrected chi connectivity index (χ4v) is 6.06. The Labute approximate surface area is 265 Å². The minimum absolute atomic E-state index is 0.302. The summed E-state index contributed by atoms with van der Waals surface area (Å²) in [5.41, 5.74) is 4.24. The molecule has 13 heteroatoms. The number of carboxylic acids is 4.